The van der Waals surface area contributed by atoms with E-state index in [-0.39, 0.29) is 0 Å². The zero-order valence-corrected chi connectivity index (χ0v) is 14.7. The van der Waals surface area contributed by atoms with Gasteiger partial charge in [-0.1, -0.05) is 54.6 Å². The second-order valence-corrected chi connectivity index (χ2v) is 6.53. The summed E-state index contributed by atoms with van der Waals surface area (Å²) in [4.78, 5) is 9.08. The molecule has 0 N–H and O–H groups in total. The van der Waals surface area contributed by atoms with E-state index in [0.717, 1.165) is 34.7 Å². The van der Waals surface area contributed by atoms with Gasteiger partial charge in [-0.2, -0.15) is 0 Å². The summed E-state index contributed by atoms with van der Waals surface area (Å²) in [6.45, 7) is 0.788. The van der Waals surface area contributed by atoms with Crippen LogP contribution in [0.2, 0.25) is 0 Å². The van der Waals surface area contributed by atoms with Crippen molar-refractivity contribution in [3.05, 3.63) is 103 Å². The van der Waals surface area contributed by atoms with Gasteiger partial charge in [0.1, 0.15) is 5.82 Å². The molecule has 130 valence electrons. The molecule has 0 saturated heterocycles. The van der Waals surface area contributed by atoms with Crippen molar-refractivity contribution in [3.63, 3.8) is 0 Å². The fraction of sp³-hybridized carbons (Fsp3) is 0.0435. The third-order valence-electron chi connectivity index (χ3n) is 4.69. The lowest BCUT2D eigenvalue weighted by atomic mass is 10.2. The zero-order chi connectivity index (χ0) is 18.1. The molecule has 2 aromatic heterocycles. The number of benzene rings is 3. The van der Waals surface area contributed by atoms with Crippen LogP contribution in [-0.2, 0) is 6.54 Å². The molecule has 0 aliphatic rings. The number of imidazole rings is 2. The summed E-state index contributed by atoms with van der Waals surface area (Å²) in [5, 5.41) is 0. The Bertz CT molecular complexity index is 1170. The van der Waals surface area contributed by atoms with Crippen molar-refractivity contribution in [1.29, 1.82) is 0 Å². The molecular formula is C23H18N4. The highest BCUT2D eigenvalue weighted by Crippen LogP contribution is 2.29. The van der Waals surface area contributed by atoms with Crippen LogP contribution < -0.4 is 0 Å². The summed E-state index contributed by atoms with van der Waals surface area (Å²) in [5.74, 6) is 0.955. The van der Waals surface area contributed by atoms with E-state index in [1.807, 2.05) is 24.7 Å². The fourth-order valence-corrected chi connectivity index (χ4v) is 3.43. The summed E-state index contributed by atoms with van der Waals surface area (Å²) in [6.07, 6.45) is 5.63. The Labute approximate surface area is 157 Å². The number of hydrogen-bond donors (Lipinski definition) is 0. The van der Waals surface area contributed by atoms with Crippen LogP contribution in [0, 0.1) is 0 Å². The number of aromatic nitrogens is 4. The molecule has 0 saturated carbocycles. The molecule has 5 aromatic rings. The third kappa shape index (κ3) is 2.91. The molecule has 0 fully saturated rings. The topological polar surface area (TPSA) is 35.6 Å². The lowest BCUT2D eigenvalue weighted by Gasteiger charge is -2.10. The van der Waals surface area contributed by atoms with Crippen LogP contribution in [0.4, 0.5) is 0 Å². The summed E-state index contributed by atoms with van der Waals surface area (Å²) >= 11 is 0. The van der Waals surface area contributed by atoms with Crippen LogP contribution in [0.15, 0.2) is 97.6 Å². The Morgan fingerprint density at radius 1 is 0.815 bits per heavy atom. The van der Waals surface area contributed by atoms with Crippen LogP contribution in [0.25, 0.3) is 28.1 Å². The predicted molar refractivity (Wildman–Crippen MR) is 108 cm³/mol. The number of nitrogens with zero attached hydrogens (tertiary/aromatic N) is 4. The number of fused-ring (bicyclic) bond motifs is 1. The van der Waals surface area contributed by atoms with Gasteiger partial charge in [-0.05, 0) is 29.8 Å². The lowest BCUT2D eigenvalue weighted by molar-refractivity contribution is 0.798. The highest BCUT2D eigenvalue weighted by Gasteiger charge is 2.14. The van der Waals surface area contributed by atoms with Crippen molar-refractivity contribution in [2.24, 2.45) is 0 Å². The van der Waals surface area contributed by atoms with Crippen molar-refractivity contribution >= 4 is 11.0 Å². The van der Waals surface area contributed by atoms with E-state index in [4.69, 9.17) is 4.98 Å². The minimum Gasteiger partial charge on any atom is -0.333 e. The first-order valence-corrected chi connectivity index (χ1v) is 8.96. The Kier molecular flexibility index (Phi) is 3.79. The Hall–Kier alpha value is -3.66. The molecule has 0 atom stereocenters. The fourth-order valence-electron chi connectivity index (χ4n) is 3.43. The number of rotatable bonds is 4. The van der Waals surface area contributed by atoms with Gasteiger partial charge in [0.2, 0.25) is 0 Å². The average Bonchev–Trinajstić information content (AvgIpc) is 3.37. The van der Waals surface area contributed by atoms with Gasteiger partial charge >= 0.3 is 0 Å². The SMILES string of the molecule is c1ccc(-c2nc3ccc(Cn4ccnc4)cc3n2-c2ccccc2)cc1. The molecule has 5 rings (SSSR count). The predicted octanol–water partition coefficient (Wildman–Crippen LogP) is 4.94. The van der Waals surface area contributed by atoms with E-state index in [2.05, 4.69) is 80.8 Å². The highest BCUT2D eigenvalue weighted by atomic mass is 15.1. The number of para-hydroxylation sites is 1. The lowest BCUT2D eigenvalue weighted by Crippen LogP contribution is -1.99. The minimum absolute atomic E-state index is 0.788. The molecule has 0 bridgehead atoms. The second-order valence-electron chi connectivity index (χ2n) is 6.53. The van der Waals surface area contributed by atoms with E-state index in [9.17, 15) is 0 Å². The molecule has 4 heteroatoms. The zero-order valence-electron chi connectivity index (χ0n) is 14.7. The Balaban J connectivity index is 1.72. The van der Waals surface area contributed by atoms with Gasteiger partial charge in [-0.15, -0.1) is 0 Å². The van der Waals surface area contributed by atoms with Gasteiger partial charge in [-0.25, -0.2) is 9.97 Å². The van der Waals surface area contributed by atoms with Crippen molar-refractivity contribution in [1.82, 2.24) is 19.1 Å². The molecule has 0 radical (unpaired) electrons. The van der Waals surface area contributed by atoms with Gasteiger partial charge < -0.3 is 4.57 Å². The summed E-state index contributed by atoms with van der Waals surface area (Å²) in [6, 6.07) is 27.2. The largest absolute Gasteiger partial charge is 0.333 e. The first-order chi connectivity index (χ1) is 13.4. The van der Waals surface area contributed by atoms with E-state index in [0.29, 0.717) is 0 Å². The van der Waals surface area contributed by atoms with Gasteiger partial charge in [0.05, 0.1) is 17.4 Å². The summed E-state index contributed by atoms with van der Waals surface area (Å²) in [5.41, 5.74) is 5.54. The van der Waals surface area contributed by atoms with E-state index < -0.39 is 0 Å². The van der Waals surface area contributed by atoms with E-state index in [1.54, 1.807) is 6.20 Å². The van der Waals surface area contributed by atoms with Gasteiger partial charge in [0.25, 0.3) is 0 Å². The minimum atomic E-state index is 0.788. The maximum absolute atomic E-state index is 4.94. The van der Waals surface area contributed by atoms with Crippen LogP contribution in [0.3, 0.4) is 0 Å². The van der Waals surface area contributed by atoms with Gasteiger partial charge in [0.15, 0.2) is 0 Å². The molecule has 2 heterocycles. The average molecular weight is 350 g/mol. The standard InChI is InChI=1S/C23H18N4/c1-3-7-19(8-4-1)23-25-21-12-11-18(16-26-14-13-24-17-26)15-22(21)27(23)20-9-5-2-6-10-20/h1-15,17H,16H2. The molecule has 4 nitrogen and oxygen atoms in total. The van der Waals surface area contributed by atoms with Crippen LogP contribution >= 0.6 is 0 Å². The van der Waals surface area contributed by atoms with Crippen molar-refractivity contribution in [2.45, 2.75) is 6.54 Å². The van der Waals surface area contributed by atoms with Crippen molar-refractivity contribution < 1.29 is 0 Å². The first-order valence-electron chi connectivity index (χ1n) is 8.96. The molecule has 0 aliphatic heterocycles. The maximum Gasteiger partial charge on any atom is 0.145 e. The second kappa shape index (κ2) is 6.57. The molecule has 27 heavy (non-hydrogen) atoms. The third-order valence-corrected chi connectivity index (χ3v) is 4.69. The van der Waals surface area contributed by atoms with Gasteiger partial charge in [-0.3, -0.25) is 4.57 Å². The molecule has 0 amide bonds. The van der Waals surface area contributed by atoms with Crippen molar-refractivity contribution in [2.75, 3.05) is 0 Å². The quantitative estimate of drug-likeness (QED) is 0.460. The van der Waals surface area contributed by atoms with E-state index in [1.165, 1.54) is 5.56 Å². The maximum atomic E-state index is 4.94. The van der Waals surface area contributed by atoms with Crippen LogP contribution in [-0.4, -0.2) is 19.1 Å². The van der Waals surface area contributed by atoms with Crippen LogP contribution in [0.5, 0.6) is 0 Å². The molecule has 0 unspecified atom stereocenters. The molecule has 0 aliphatic carbocycles. The molecule has 0 spiro atoms. The first kappa shape index (κ1) is 15.6. The normalized spacial score (nSPS) is 11.1. The van der Waals surface area contributed by atoms with Gasteiger partial charge in [0, 0.05) is 30.2 Å². The monoisotopic (exact) mass is 350 g/mol. The highest BCUT2D eigenvalue weighted by molar-refractivity contribution is 5.83. The van der Waals surface area contributed by atoms with Crippen LogP contribution in [0.1, 0.15) is 5.56 Å². The molecular weight excluding hydrogens is 332 g/mol. The van der Waals surface area contributed by atoms with E-state index >= 15 is 0 Å². The Morgan fingerprint density at radius 2 is 1.59 bits per heavy atom. The summed E-state index contributed by atoms with van der Waals surface area (Å²) in [7, 11) is 0. The number of hydrogen-bond acceptors (Lipinski definition) is 2. The molecule has 3 aromatic carbocycles. The van der Waals surface area contributed by atoms with Crippen molar-refractivity contribution in [3.8, 4) is 17.1 Å². The summed E-state index contributed by atoms with van der Waals surface area (Å²) < 4.78 is 4.31. The Morgan fingerprint density at radius 3 is 2.33 bits per heavy atom. The smallest absolute Gasteiger partial charge is 0.145 e.